The number of aromatic nitrogens is 1. The van der Waals surface area contributed by atoms with E-state index < -0.39 is 27.2 Å². The number of oxime groups is 1. The Kier molecular flexibility index (Phi) is 8.48. The lowest BCUT2D eigenvalue weighted by Gasteiger charge is -2.19. The minimum Gasteiger partial charge on any atom is -0.395 e. The summed E-state index contributed by atoms with van der Waals surface area (Å²) in [5.41, 5.74) is 0.117. The van der Waals surface area contributed by atoms with E-state index in [1.165, 1.54) is 24.3 Å². The lowest BCUT2D eigenvalue weighted by Crippen LogP contribution is -2.33. The van der Waals surface area contributed by atoms with E-state index >= 15 is 0 Å². The van der Waals surface area contributed by atoms with Crippen LogP contribution in [0.3, 0.4) is 0 Å². The standard InChI is InChI=1S/C20H25FN4O6S2/c1-2-25(9-10-26)33(29,30)16-7-3-13(4-8-16)18(24-31-15-6-5-14(27)11-15)19(28)23-20-22-12-17(21)32-20/h3-4,7-8,12,14-15,26-27H,2,5-6,9-11H2,1H3,(H,22,23,28)/t14-,15-/m1/s1. The molecule has 0 saturated heterocycles. The maximum atomic E-state index is 13.2. The Morgan fingerprint density at radius 2 is 2.09 bits per heavy atom. The van der Waals surface area contributed by atoms with Crippen molar-refractivity contribution in [2.45, 2.75) is 43.3 Å². The topological polar surface area (TPSA) is 141 Å². The van der Waals surface area contributed by atoms with Gasteiger partial charge in [-0.05, 0) is 25.0 Å². The van der Waals surface area contributed by atoms with Crippen LogP contribution in [0.1, 0.15) is 31.7 Å². The Morgan fingerprint density at radius 1 is 1.36 bits per heavy atom. The number of nitrogens with one attached hydrogen (secondary N) is 1. The molecule has 13 heteroatoms. The average molecular weight is 501 g/mol. The molecule has 1 aliphatic carbocycles. The van der Waals surface area contributed by atoms with Gasteiger partial charge < -0.3 is 15.1 Å². The largest absolute Gasteiger partial charge is 0.395 e. The van der Waals surface area contributed by atoms with Gasteiger partial charge in [0.15, 0.2) is 16.0 Å². The molecule has 0 aliphatic heterocycles. The lowest BCUT2D eigenvalue weighted by molar-refractivity contribution is -0.110. The van der Waals surface area contributed by atoms with Crippen molar-refractivity contribution in [3.05, 3.63) is 41.2 Å². The first kappa shape index (κ1) is 25.2. The van der Waals surface area contributed by atoms with Gasteiger partial charge in [-0.2, -0.15) is 8.70 Å². The van der Waals surface area contributed by atoms with Crippen molar-refractivity contribution < 1.29 is 32.7 Å². The maximum Gasteiger partial charge on any atom is 0.280 e. The Labute approximate surface area is 194 Å². The number of nitrogens with zero attached hydrogens (tertiary/aromatic N) is 3. The number of amides is 1. The molecule has 0 radical (unpaired) electrons. The molecule has 0 bridgehead atoms. The highest BCUT2D eigenvalue weighted by Gasteiger charge is 2.26. The number of hydrogen-bond acceptors (Lipinski definition) is 9. The van der Waals surface area contributed by atoms with Gasteiger partial charge in [-0.15, -0.1) is 0 Å². The molecule has 1 heterocycles. The number of anilines is 1. The predicted molar refractivity (Wildman–Crippen MR) is 120 cm³/mol. The average Bonchev–Trinajstić information content (AvgIpc) is 3.39. The summed E-state index contributed by atoms with van der Waals surface area (Å²) in [5.74, 6) is -0.714. The third-order valence-corrected chi connectivity index (χ3v) is 7.72. The Morgan fingerprint density at radius 3 is 2.64 bits per heavy atom. The second-order valence-corrected chi connectivity index (χ2v) is 10.2. The van der Waals surface area contributed by atoms with Crippen LogP contribution >= 0.6 is 11.3 Å². The zero-order valence-corrected chi connectivity index (χ0v) is 19.5. The fourth-order valence-electron chi connectivity index (χ4n) is 3.33. The quantitative estimate of drug-likeness (QED) is 0.332. The van der Waals surface area contributed by atoms with Crippen molar-refractivity contribution in [1.82, 2.24) is 9.29 Å². The van der Waals surface area contributed by atoms with Gasteiger partial charge in [0.25, 0.3) is 5.91 Å². The minimum atomic E-state index is -3.83. The number of hydrogen-bond donors (Lipinski definition) is 3. The van der Waals surface area contributed by atoms with E-state index in [0.717, 1.165) is 10.5 Å². The highest BCUT2D eigenvalue weighted by atomic mass is 32.2. The van der Waals surface area contributed by atoms with Crippen LogP contribution in [-0.4, -0.2) is 71.4 Å². The van der Waals surface area contributed by atoms with E-state index in [1.54, 1.807) is 6.92 Å². The van der Waals surface area contributed by atoms with Crippen molar-refractivity contribution in [1.29, 1.82) is 0 Å². The van der Waals surface area contributed by atoms with Gasteiger partial charge in [-0.3, -0.25) is 10.1 Å². The van der Waals surface area contributed by atoms with Gasteiger partial charge in [-0.25, -0.2) is 13.4 Å². The number of carbonyl (C=O) groups is 1. The maximum absolute atomic E-state index is 13.2. The molecule has 3 rings (SSSR count). The number of likely N-dealkylation sites (N-methyl/N-ethyl adjacent to an activating group) is 1. The normalized spacial score (nSPS) is 19.1. The second-order valence-electron chi connectivity index (χ2n) is 7.30. The molecule has 2 aromatic rings. The van der Waals surface area contributed by atoms with E-state index in [1.807, 2.05) is 0 Å². The van der Waals surface area contributed by atoms with Crippen LogP contribution in [0.25, 0.3) is 0 Å². The summed E-state index contributed by atoms with van der Waals surface area (Å²) < 4.78 is 39.9. The van der Waals surface area contributed by atoms with E-state index in [9.17, 15) is 22.7 Å². The first-order valence-electron chi connectivity index (χ1n) is 10.3. The number of carbonyl (C=O) groups excluding carboxylic acids is 1. The van der Waals surface area contributed by atoms with Gasteiger partial charge in [0, 0.05) is 25.1 Å². The first-order chi connectivity index (χ1) is 15.7. The number of sulfonamides is 1. The van der Waals surface area contributed by atoms with Crippen LogP contribution in [-0.2, 0) is 19.7 Å². The van der Waals surface area contributed by atoms with Crippen molar-refractivity contribution in [2.24, 2.45) is 5.16 Å². The number of rotatable bonds is 10. The summed E-state index contributed by atoms with van der Waals surface area (Å²) in [6.45, 7) is 1.49. The van der Waals surface area contributed by atoms with Gasteiger partial charge in [0.1, 0.15) is 6.10 Å². The van der Waals surface area contributed by atoms with Crippen LogP contribution in [0.15, 0.2) is 40.5 Å². The summed E-state index contributed by atoms with van der Waals surface area (Å²) in [6.07, 6.45) is 1.63. The highest BCUT2D eigenvalue weighted by Crippen LogP contribution is 2.23. The molecule has 0 unspecified atom stereocenters. The molecule has 0 spiro atoms. The Bertz CT molecular complexity index is 1090. The summed E-state index contributed by atoms with van der Waals surface area (Å²) in [4.78, 5) is 22.0. The molecule has 1 aromatic heterocycles. The Balaban J connectivity index is 1.86. The lowest BCUT2D eigenvalue weighted by atomic mass is 10.1. The molecule has 1 fully saturated rings. The SMILES string of the molecule is CCN(CCO)S(=O)(=O)c1ccc(C(=NO[C@@H]2CC[C@@H](O)C2)C(=O)Nc2ncc(F)s2)cc1. The van der Waals surface area contributed by atoms with Gasteiger partial charge >= 0.3 is 0 Å². The minimum absolute atomic E-state index is 0.0110. The summed E-state index contributed by atoms with van der Waals surface area (Å²) in [7, 11) is -3.83. The molecule has 2 atom stereocenters. The molecule has 3 N–H and O–H groups in total. The zero-order valence-electron chi connectivity index (χ0n) is 17.8. The van der Waals surface area contributed by atoms with Gasteiger partial charge in [0.2, 0.25) is 10.0 Å². The van der Waals surface area contributed by atoms with Crippen molar-refractivity contribution in [3.63, 3.8) is 0 Å². The third kappa shape index (κ3) is 6.32. The van der Waals surface area contributed by atoms with Crippen LogP contribution in [0, 0.1) is 5.13 Å². The Hall–Kier alpha value is -2.45. The molecule has 33 heavy (non-hydrogen) atoms. The van der Waals surface area contributed by atoms with E-state index in [-0.39, 0.29) is 47.1 Å². The number of aliphatic hydroxyl groups is 2. The highest BCUT2D eigenvalue weighted by molar-refractivity contribution is 7.89. The number of benzene rings is 1. The van der Waals surface area contributed by atoms with Gasteiger partial charge in [-0.1, -0.05) is 35.5 Å². The van der Waals surface area contributed by atoms with Crippen LogP contribution in [0.5, 0.6) is 0 Å². The number of thiazole rings is 1. The van der Waals surface area contributed by atoms with E-state index in [2.05, 4.69) is 15.5 Å². The molecule has 1 aromatic carbocycles. The van der Waals surface area contributed by atoms with Crippen LogP contribution in [0.4, 0.5) is 9.52 Å². The molecule has 180 valence electrons. The fraction of sp³-hybridized carbons (Fsp3) is 0.450. The second kappa shape index (κ2) is 11.1. The fourth-order valence-corrected chi connectivity index (χ4v) is 5.31. The predicted octanol–water partition coefficient (Wildman–Crippen LogP) is 1.56. The summed E-state index contributed by atoms with van der Waals surface area (Å²) in [5, 5.41) is 24.7. The number of aliphatic hydroxyl groups excluding tert-OH is 2. The summed E-state index contributed by atoms with van der Waals surface area (Å²) in [6, 6.07) is 5.48. The van der Waals surface area contributed by atoms with Crippen molar-refractivity contribution >= 4 is 38.1 Å². The van der Waals surface area contributed by atoms with Gasteiger partial charge in [0.05, 0.1) is 23.8 Å². The third-order valence-electron chi connectivity index (χ3n) is 5.03. The molecule has 1 aliphatic rings. The molecular weight excluding hydrogens is 475 g/mol. The van der Waals surface area contributed by atoms with E-state index in [4.69, 9.17) is 9.94 Å². The molecule has 1 amide bonds. The first-order valence-corrected chi connectivity index (χ1v) is 12.6. The molecule has 1 saturated carbocycles. The van der Waals surface area contributed by atoms with Crippen molar-refractivity contribution in [2.75, 3.05) is 25.0 Å². The van der Waals surface area contributed by atoms with Crippen molar-refractivity contribution in [3.8, 4) is 0 Å². The van der Waals surface area contributed by atoms with Crippen LogP contribution < -0.4 is 5.32 Å². The van der Waals surface area contributed by atoms with Crippen LogP contribution in [0.2, 0.25) is 0 Å². The monoisotopic (exact) mass is 500 g/mol. The molecular formula is C20H25FN4O6S2. The smallest absolute Gasteiger partial charge is 0.280 e. The number of halogens is 1. The van der Waals surface area contributed by atoms with E-state index in [0.29, 0.717) is 30.6 Å². The summed E-state index contributed by atoms with van der Waals surface area (Å²) >= 11 is 0.645. The molecule has 10 nitrogen and oxygen atoms in total. The zero-order chi connectivity index (χ0) is 24.0.